The molecule has 6 nitrogen and oxygen atoms in total. The van der Waals surface area contributed by atoms with Gasteiger partial charge >= 0.3 is 0 Å². The molecule has 2 aromatic rings. The molecule has 0 fully saturated rings. The van der Waals surface area contributed by atoms with E-state index in [0.29, 0.717) is 29.4 Å². The van der Waals surface area contributed by atoms with Gasteiger partial charge in [0.25, 0.3) is 5.91 Å². The lowest BCUT2D eigenvalue weighted by molar-refractivity contribution is 0.0955. The molecule has 1 N–H and O–H groups in total. The van der Waals surface area contributed by atoms with Gasteiger partial charge in [-0.05, 0) is 64.6 Å². The van der Waals surface area contributed by atoms with Gasteiger partial charge in [-0.1, -0.05) is 12.7 Å². The van der Waals surface area contributed by atoms with Crippen LogP contribution >= 0.6 is 22.6 Å². The summed E-state index contributed by atoms with van der Waals surface area (Å²) in [6, 6.07) is 10.4. The molecule has 26 heavy (non-hydrogen) atoms. The average Bonchev–Trinajstić information content (AvgIpc) is 2.66. The molecule has 136 valence electrons. The summed E-state index contributed by atoms with van der Waals surface area (Å²) < 4.78 is 16.9. The highest BCUT2D eigenvalue weighted by molar-refractivity contribution is 14.1. The highest BCUT2D eigenvalue weighted by atomic mass is 127. The fourth-order valence-corrected chi connectivity index (χ4v) is 2.85. The zero-order valence-electron chi connectivity index (χ0n) is 14.5. The number of carbonyl (C=O) groups excluding carboxylic acids is 1. The molecule has 0 saturated carbocycles. The molecule has 0 aliphatic rings. The summed E-state index contributed by atoms with van der Waals surface area (Å²) in [7, 11) is 3.14. The molecule has 0 spiro atoms. The van der Waals surface area contributed by atoms with Crippen molar-refractivity contribution in [2.45, 2.75) is 0 Å². The molecule has 0 bridgehead atoms. The van der Waals surface area contributed by atoms with Crippen molar-refractivity contribution in [1.29, 1.82) is 0 Å². The first-order valence-electron chi connectivity index (χ1n) is 7.67. The molecular weight excluding hydrogens is 447 g/mol. The van der Waals surface area contributed by atoms with E-state index in [-0.39, 0.29) is 5.91 Å². The van der Waals surface area contributed by atoms with Crippen LogP contribution in [0.4, 0.5) is 0 Å². The third kappa shape index (κ3) is 5.22. The van der Waals surface area contributed by atoms with Crippen LogP contribution in [0.25, 0.3) is 0 Å². The van der Waals surface area contributed by atoms with E-state index in [9.17, 15) is 4.79 Å². The number of amides is 1. The van der Waals surface area contributed by atoms with Crippen molar-refractivity contribution in [3.63, 3.8) is 0 Å². The number of rotatable bonds is 8. The van der Waals surface area contributed by atoms with E-state index >= 15 is 0 Å². The fraction of sp³-hybridized carbons (Fsp3) is 0.158. The first kappa shape index (κ1) is 19.8. The Morgan fingerprint density at radius 3 is 2.58 bits per heavy atom. The van der Waals surface area contributed by atoms with E-state index in [0.717, 1.165) is 9.13 Å². The molecule has 0 aliphatic heterocycles. The molecule has 1 amide bonds. The van der Waals surface area contributed by atoms with Crippen LogP contribution < -0.4 is 19.6 Å². The Balaban J connectivity index is 2.08. The second-order valence-electron chi connectivity index (χ2n) is 5.06. The molecule has 2 aromatic carbocycles. The lowest BCUT2D eigenvalue weighted by Crippen LogP contribution is -2.17. The predicted octanol–water partition coefficient (Wildman–Crippen LogP) is 3.64. The first-order chi connectivity index (χ1) is 12.6. The number of ether oxygens (including phenoxy) is 3. The maximum Gasteiger partial charge on any atom is 0.271 e. The number of halogens is 1. The van der Waals surface area contributed by atoms with Crippen LogP contribution in [0.3, 0.4) is 0 Å². The van der Waals surface area contributed by atoms with Crippen molar-refractivity contribution in [1.82, 2.24) is 5.43 Å². The second kappa shape index (κ2) is 9.81. The topological polar surface area (TPSA) is 69.2 Å². The molecule has 7 heteroatoms. The lowest BCUT2D eigenvalue weighted by Gasteiger charge is -2.12. The van der Waals surface area contributed by atoms with E-state index < -0.39 is 0 Å². The van der Waals surface area contributed by atoms with Crippen molar-refractivity contribution in [2.24, 2.45) is 5.10 Å². The smallest absolute Gasteiger partial charge is 0.271 e. The average molecular weight is 466 g/mol. The van der Waals surface area contributed by atoms with Gasteiger partial charge in [0.05, 0.1) is 24.0 Å². The summed E-state index contributed by atoms with van der Waals surface area (Å²) in [4.78, 5) is 12.1. The quantitative estimate of drug-likeness (QED) is 0.279. The maximum absolute atomic E-state index is 12.1. The number of hydrogen-bond acceptors (Lipinski definition) is 5. The summed E-state index contributed by atoms with van der Waals surface area (Å²) in [6.07, 6.45) is 3.21. The van der Waals surface area contributed by atoms with Gasteiger partial charge in [-0.3, -0.25) is 4.79 Å². The van der Waals surface area contributed by atoms with E-state index in [1.807, 2.05) is 6.07 Å². The van der Waals surface area contributed by atoms with Gasteiger partial charge in [0, 0.05) is 5.56 Å². The third-order valence-electron chi connectivity index (χ3n) is 3.33. The zero-order valence-corrected chi connectivity index (χ0v) is 16.6. The summed E-state index contributed by atoms with van der Waals surface area (Å²) in [5.41, 5.74) is 3.75. The zero-order chi connectivity index (χ0) is 18.9. The Bertz CT molecular complexity index is 804. The van der Waals surface area contributed by atoms with Crippen LogP contribution in [0, 0.1) is 3.57 Å². The molecule has 0 aliphatic carbocycles. The Hall–Kier alpha value is -2.55. The minimum Gasteiger partial charge on any atom is -0.497 e. The standard InChI is InChI=1S/C19H19IN2O4/c1-4-9-26-18-16(20)10-13(11-17(18)25-3)12-21-22-19(23)14-5-7-15(24-2)8-6-14/h4-8,10-12H,1,9H2,2-3H3,(H,22,23). The fourth-order valence-electron chi connectivity index (χ4n) is 2.07. The molecule has 0 atom stereocenters. The van der Waals surface area contributed by atoms with Gasteiger partial charge in [0.15, 0.2) is 11.5 Å². The Labute approximate surface area is 166 Å². The van der Waals surface area contributed by atoms with Crippen LogP contribution in [0.2, 0.25) is 0 Å². The minimum atomic E-state index is -0.309. The van der Waals surface area contributed by atoms with Gasteiger partial charge in [-0.25, -0.2) is 5.43 Å². The van der Waals surface area contributed by atoms with Crippen LogP contribution in [-0.2, 0) is 0 Å². The van der Waals surface area contributed by atoms with Crippen molar-refractivity contribution < 1.29 is 19.0 Å². The molecule has 0 saturated heterocycles. The highest BCUT2D eigenvalue weighted by Crippen LogP contribution is 2.33. The van der Waals surface area contributed by atoms with Gasteiger partial charge in [0.2, 0.25) is 0 Å². The van der Waals surface area contributed by atoms with Crippen LogP contribution in [-0.4, -0.2) is 32.9 Å². The van der Waals surface area contributed by atoms with Crippen LogP contribution in [0.1, 0.15) is 15.9 Å². The Kier molecular flexibility index (Phi) is 7.46. The number of nitrogens with one attached hydrogen (secondary N) is 1. The number of hydrogen-bond donors (Lipinski definition) is 1. The largest absolute Gasteiger partial charge is 0.497 e. The van der Waals surface area contributed by atoms with Gasteiger partial charge in [-0.2, -0.15) is 5.10 Å². The van der Waals surface area contributed by atoms with Crippen molar-refractivity contribution in [3.05, 3.63) is 63.8 Å². The number of carbonyl (C=O) groups is 1. The Morgan fingerprint density at radius 1 is 1.23 bits per heavy atom. The first-order valence-corrected chi connectivity index (χ1v) is 8.75. The van der Waals surface area contributed by atoms with E-state index in [4.69, 9.17) is 14.2 Å². The molecule has 0 aromatic heterocycles. The lowest BCUT2D eigenvalue weighted by atomic mass is 10.2. The number of methoxy groups -OCH3 is 2. The second-order valence-corrected chi connectivity index (χ2v) is 6.22. The van der Waals surface area contributed by atoms with Gasteiger partial charge in [-0.15, -0.1) is 0 Å². The van der Waals surface area contributed by atoms with E-state index in [2.05, 4.69) is 39.7 Å². The third-order valence-corrected chi connectivity index (χ3v) is 4.13. The highest BCUT2D eigenvalue weighted by Gasteiger charge is 2.11. The van der Waals surface area contributed by atoms with Crippen molar-refractivity contribution in [3.8, 4) is 17.2 Å². The minimum absolute atomic E-state index is 0.309. The van der Waals surface area contributed by atoms with Gasteiger partial charge in [0.1, 0.15) is 12.4 Å². The normalized spacial score (nSPS) is 10.4. The summed E-state index contributed by atoms with van der Waals surface area (Å²) in [5.74, 6) is 1.61. The molecule has 0 radical (unpaired) electrons. The maximum atomic E-state index is 12.1. The summed E-state index contributed by atoms with van der Waals surface area (Å²) in [5, 5.41) is 4.00. The van der Waals surface area contributed by atoms with Crippen molar-refractivity contribution >= 4 is 34.7 Å². The summed E-state index contributed by atoms with van der Waals surface area (Å²) >= 11 is 2.16. The number of hydrazone groups is 1. The Morgan fingerprint density at radius 2 is 1.96 bits per heavy atom. The van der Waals surface area contributed by atoms with Crippen LogP contribution in [0.5, 0.6) is 17.2 Å². The monoisotopic (exact) mass is 466 g/mol. The van der Waals surface area contributed by atoms with Crippen molar-refractivity contribution in [2.75, 3.05) is 20.8 Å². The number of nitrogens with zero attached hydrogens (tertiary/aromatic N) is 1. The van der Waals surface area contributed by atoms with E-state index in [1.54, 1.807) is 56.8 Å². The molecular formula is C19H19IN2O4. The van der Waals surface area contributed by atoms with Crippen LogP contribution in [0.15, 0.2) is 54.2 Å². The van der Waals surface area contributed by atoms with E-state index in [1.165, 1.54) is 0 Å². The van der Waals surface area contributed by atoms with Gasteiger partial charge < -0.3 is 14.2 Å². The number of benzene rings is 2. The SMILES string of the molecule is C=CCOc1c(I)cc(C=NNC(=O)c2ccc(OC)cc2)cc1OC. The molecule has 0 unspecified atom stereocenters. The summed E-state index contributed by atoms with van der Waals surface area (Å²) in [6.45, 7) is 4.02. The predicted molar refractivity (Wildman–Crippen MR) is 109 cm³/mol. The molecule has 2 rings (SSSR count). The molecule has 0 heterocycles.